The summed E-state index contributed by atoms with van der Waals surface area (Å²) in [6, 6.07) is 25.3. The number of nitriles is 1. The maximum absolute atomic E-state index is 12.8. The number of carboxylic acid groups (broad SMARTS) is 1. The molecule has 3 heterocycles. The highest BCUT2D eigenvalue weighted by atomic mass is 32.1. The molecule has 1 N–H and O–H groups in total. The molecule has 0 fully saturated rings. The van der Waals surface area contributed by atoms with Crippen LogP contribution in [0.3, 0.4) is 0 Å². The van der Waals surface area contributed by atoms with E-state index in [1.54, 1.807) is 47.9 Å². The first-order valence-corrected chi connectivity index (χ1v) is 12.4. The Morgan fingerprint density at radius 3 is 2.58 bits per heavy atom. The van der Waals surface area contributed by atoms with Gasteiger partial charge >= 0.3 is 11.6 Å². The largest absolute Gasteiger partial charge is 0.478 e. The lowest BCUT2D eigenvalue weighted by atomic mass is 10.0. The number of rotatable bonds is 5. The maximum atomic E-state index is 12.8. The number of carboxylic acids is 1. The summed E-state index contributed by atoms with van der Waals surface area (Å²) in [5.41, 5.74) is 1.90. The summed E-state index contributed by atoms with van der Waals surface area (Å²) in [4.78, 5) is 28.4. The van der Waals surface area contributed by atoms with Crippen molar-refractivity contribution in [2.75, 3.05) is 0 Å². The Balaban J connectivity index is 1.34. The second-order valence-corrected chi connectivity index (χ2v) is 9.30. The smallest absolute Gasteiger partial charge is 0.345 e. The number of fused-ring (bicyclic) bond motifs is 3. The van der Waals surface area contributed by atoms with E-state index in [0.29, 0.717) is 38.9 Å². The van der Waals surface area contributed by atoms with E-state index in [2.05, 4.69) is 11.1 Å². The minimum Gasteiger partial charge on any atom is -0.478 e. The van der Waals surface area contributed by atoms with Crippen LogP contribution in [-0.2, 0) is 0 Å². The molecule has 0 spiro atoms. The number of aromatic carboxylic acids is 1. The average Bonchev–Trinajstić information content (AvgIpc) is 3.61. The number of hydrogen-bond donors (Lipinski definition) is 1. The monoisotopic (exact) mass is 516 g/mol. The molecule has 0 bridgehead atoms. The minimum atomic E-state index is -1.00. The van der Waals surface area contributed by atoms with Gasteiger partial charge in [0.05, 0.1) is 22.4 Å². The first-order chi connectivity index (χ1) is 18.5. The van der Waals surface area contributed by atoms with Gasteiger partial charge in [-0.05, 0) is 47.2 Å². The molecular weight excluding hydrogens is 500 g/mol. The third kappa shape index (κ3) is 4.17. The highest BCUT2D eigenvalue weighted by Gasteiger charge is 2.16. The van der Waals surface area contributed by atoms with Gasteiger partial charge in [-0.2, -0.15) is 5.26 Å². The van der Waals surface area contributed by atoms with Crippen LogP contribution in [0.4, 0.5) is 0 Å². The summed E-state index contributed by atoms with van der Waals surface area (Å²) in [6.45, 7) is 0. The molecule has 0 unspecified atom stereocenters. The van der Waals surface area contributed by atoms with Crippen LogP contribution in [0.25, 0.3) is 56.0 Å². The first-order valence-electron chi connectivity index (χ1n) is 11.5. The SMILES string of the molecule is N#C/C(=C\c1ccc(-c2ccc(C(=O)O)cc2)o1)c1nc(-c2cc3c(ccc4ccccc43)oc2=O)cs1. The second kappa shape index (κ2) is 9.32. The Kier molecular flexibility index (Phi) is 5.68. The fraction of sp³-hybridized carbons (Fsp3) is 0. The van der Waals surface area contributed by atoms with Crippen molar-refractivity contribution in [1.82, 2.24) is 4.98 Å². The number of hydrogen-bond acceptors (Lipinski definition) is 7. The lowest BCUT2D eigenvalue weighted by Gasteiger charge is -2.04. The molecule has 0 atom stereocenters. The molecule has 38 heavy (non-hydrogen) atoms. The number of thiazole rings is 1. The van der Waals surface area contributed by atoms with E-state index in [-0.39, 0.29) is 11.1 Å². The van der Waals surface area contributed by atoms with Crippen LogP contribution < -0.4 is 5.63 Å². The maximum Gasteiger partial charge on any atom is 0.345 e. The second-order valence-electron chi connectivity index (χ2n) is 8.44. The van der Waals surface area contributed by atoms with Crippen molar-refractivity contribution in [3.05, 3.63) is 111 Å². The number of furan rings is 1. The molecule has 0 aliphatic carbocycles. The molecular formula is C30H16N2O5S. The van der Waals surface area contributed by atoms with Crippen LogP contribution >= 0.6 is 11.3 Å². The molecule has 6 aromatic rings. The lowest BCUT2D eigenvalue weighted by molar-refractivity contribution is 0.0697. The van der Waals surface area contributed by atoms with Gasteiger partial charge in [0.25, 0.3) is 0 Å². The predicted molar refractivity (Wildman–Crippen MR) is 146 cm³/mol. The van der Waals surface area contributed by atoms with E-state index < -0.39 is 11.6 Å². The van der Waals surface area contributed by atoms with Crippen LogP contribution in [0.2, 0.25) is 0 Å². The molecule has 8 heteroatoms. The van der Waals surface area contributed by atoms with Gasteiger partial charge in [-0.15, -0.1) is 11.3 Å². The fourth-order valence-corrected chi connectivity index (χ4v) is 5.00. The van der Waals surface area contributed by atoms with Gasteiger partial charge in [0.15, 0.2) is 0 Å². The number of aromatic nitrogens is 1. The van der Waals surface area contributed by atoms with Crippen molar-refractivity contribution >= 4 is 50.7 Å². The zero-order chi connectivity index (χ0) is 26.2. The zero-order valence-electron chi connectivity index (χ0n) is 19.5. The molecule has 0 aliphatic rings. The molecule has 0 amide bonds. The van der Waals surface area contributed by atoms with E-state index >= 15 is 0 Å². The van der Waals surface area contributed by atoms with Gasteiger partial charge < -0.3 is 13.9 Å². The zero-order valence-corrected chi connectivity index (χ0v) is 20.4. The molecule has 3 aromatic heterocycles. The van der Waals surface area contributed by atoms with Crippen LogP contribution in [0.1, 0.15) is 21.1 Å². The van der Waals surface area contributed by atoms with E-state index in [0.717, 1.165) is 16.2 Å². The highest BCUT2D eigenvalue weighted by molar-refractivity contribution is 7.11. The van der Waals surface area contributed by atoms with Crippen molar-refractivity contribution in [3.63, 3.8) is 0 Å². The lowest BCUT2D eigenvalue weighted by Crippen LogP contribution is -2.03. The molecule has 182 valence electrons. The van der Waals surface area contributed by atoms with Crippen LogP contribution in [-0.4, -0.2) is 16.1 Å². The molecule has 3 aromatic carbocycles. The van der Waals surface area contributed by atoms with E-state index in [1.165, 1.54) is 23.5 Å². The topological polar surface area (TPSA) is 117 Å². The number of allylic oxidation sites excluding steroid dienone is 1. The Morgan fingerprint density at radius 1 is 0.974 bits per heavy atom. The Bertz CT molecular complexity index is 1990. The molecule has 0 radical (unpaired) electrons. The predicted octanol–water partition coefficient (Wildman–Crippen LogP) is 7.09. The summed E-state index contributed by atoms with van der Waals surface area (Å²) in [5, 5.41) is 23.9. The van der Waals surface area contributed by atoms with Crippen LogP contribution in [0.15, 0.2) is 97.9 Å². The summed E-state index contributed by atoms with van der Waals surface area (Å²) in [6.07, 6.45) is 1.58. The van der Waals surface area contributed by atoms with Gasteiger partial charge in [-0.3, -0.25) is 0 Å². The van der Waals surface area contributed by atoms with Crippen molar-refractivity contribution in [2.45, 2.75) is 0 Å². The Labute approximate surface area is 219 Å². The van der Waals surface area contributed by atoms with E-state index in [9.17, 15) is 14.9 Å². The third-order valence-electron chi connectivity index (χ3n) is 6.10. The molecule has 0 saturated heterocycles. The third-order valence-corrected chi connectivity index (χ3v) is 6.98. The van der Waals surface area contributed by atoms with Crippen molar-refractivity contribution in [3.8, 4) is 28.7 Å². The minimum absolute atomic E-state index is 0.181. The van der Waals surface area contributed by atoms with Crippen LogP contribution in [0, 0.1) is 11.3 Å². The Morgan fingerprint density at radius 2 is 1.79 bits per heavy atom. The fourth-order valence-electron chi connectivity index (χ4n) is 4.22. The number of nitrogens with zero attached hydrogens (tertiary/aromatic N) is 2. The van der Waals surface area contributed by atoms with Gasteiger partial charge in [-0.25, -0.2) is 14.6 Å². The van der Waals surface area contributed by atoms with Gasteiger partial charge in [0, 0.05) is 22.4 Å². The van der Waals surface area contributed by atoms with Crippen molar-refractivity contribution in [2.24, 2.45) is 0 Å². The van der Waals surface area contributed by atoms with Crippen molar-refractivity contribution < 1.29 is 18.7 Å². The molecule has 6 rings (SSSR count). The van der Waals surface area contributed by atoms with Gasteiger partial charge in [0.2, 0.25) is 0 Å². The van der Waals surface area contributed by atoms with E-state index in [1.807, 2.05) is 30.3 Å². The van der Waals surface area contributed by atoms with Crippen LogP contribution in [0.5, 0.6) is 0 Å². The standard InChI is InChI=1S/C30H16N2O5S/c31-15-20(13-21-10-12-26(36-21)18-5-7-19(8-6-18)29(33)34)28-32-25(16-38-28)24-14-23-22-4-2-1-3-17(22)9-11-27(23)37-30(24)35/h1-14,16H,(H,33,34)/b20-13+. The van der Waals surface area contributed by atoms with Gasteiger partial charge in [-0.1, -0.05) is 42.5 Å². The number of carbonyl (C=O) groups is 1. The Hall–Kier alpha value is -5.26. The number of benzene rings is 3. The van der Waals surface area contributed by atoms with Crippen molar-refractivity contribution in [1.29, 1.82) is 5.26 Å². The van der Waals surface area contributed by atoms with E-state index in [4.69, 9.17) is 13.9 Å². The quantitative estimate of drug-likeness (QED) is 0.148. The first kappa shape index (κ1) is 23.2. The normalized spacial score (nSPS) is 11.6. The average molecular weight is 517 g/mol. The summed E-state index contributed by atoms with van der Waals surface area (Å²) in [5.74, 6) is -0.0329. The summed E-state index contributed by atoms with van der Waals surface area (Å²) < 4.78 is 11.5. The molecule has 0 aliphatic heterocycles. The van der Waals surface area contributed by atoms with Gasteiger partial charge in [0.1, 0.15) is 28.2 Å². The molecule has 0 saturated carbocycles. The molecule has 7 nitrogen and oxygen atoms in total. The summed E-state index contributed by atoms with van der Waals surface area (Å²) in [7, 11) is 0. The highest BCUT2D eigenvalue weighted by Crippen LogP contribution is 2.31. The summed E-state index contributed by atoms with van der Waals surface area (Å²) >= 11 is 1.24.